The summed E-state index contributed by atoms with van der Waals surface area (Å²) >= 11 is 0. The van der Waals surface area contributed by atoms with Crippen LogP contribution in [0.4, 0.5) is 4.39 Å². The van der Waals surface area contributed by atoms with Gasteiger partial charge in [0, 0.05) is 0 Å². The van der Waals surface area contributed by atoms with E-state index >= 15 is 4.39 Å². The first-order chi connectivity index (χ1) is 10.8. The first kappa shape index (κ1) is 15.5. The maximum Gasteiger partial charge on any atom is 0.132 e. The molecule has 1 saturated carbocycles. The predicted octanol–water partition coefficient (Wildman–Crippen LogP) is 6.00. The molecule has 0 aromatic heterocycles. The molecule has 0 radical (unpaired) electrons. The van der Waals surface area contributed by atoms with Crippen molar-refractivity contribution in [3.63, 3.8) is 0 Å². The third-order valence-corrected chi connectivity index (χ3v) is 5.71. The number of halogens is 1. The Hall–Kier alpha value is -1.37. The third kappa shape index (κ3) is 2.78. The fraction of sp³-hybridized carbons (Fsp3) is 0.524. The van der Waals surface area contributed by atoms with Gasteiger partial charge in [-0.1, -0.05) is 81.2 Å². The van der Waals surface area contributed by atoms with Crippen molar-refractivity contribution >= 4 is 0 Å². The number of alkyl halides is 1. The molecule has 0 spiro atoms. The predicted molar refractivity (Wildman–Crippen MR) is 91.7 cm³/mol. The molecule has 22 heavy (non-hydrogen) atoms. The van der Waals surface area contributed by atoms with E-state index in [0.29, 0.717) is 5.92 Å². The van der Waals surface area contributed by atoms with Crippen molar-refractivity contribution in [1.82, 2.24) is 0 Å². The second-order valence-corrected chi connectivity index (χ2v) is 6.95. The van der Waals surface area contributed by atoms with Crippen LogP contribution in [0.3, 0.4) is 0 Å². The monoisotopic (exact) mass is 298 g/mol. The molecule has 3 rings (SSSR count). The first-order valence-electron chi connectivity index (χ1n) is 8.83. The van der Waals surface area contributed by atoms with Gasteiger partial charge in [-0.15, -0.1) is 0 Å². The standard InChI is InChI=1S/C21H27F/c1-2-8-17-12-14-19(15-13-17)21(16-7-6-11-20(21)22)18-9-4-3-5-10-18/h3-7,9-11,16-17,19-20H,2,8,12-15H2,1H3. The van der Waals surface area contributed by atoms with Crippen LogP contribution in [-0.2, 0) is 5.41 Å². The van der Waals surface area contributed by atoms with Gasteiger partial charge in [0.1, 0.15) is 6.17 Å². The zero-order valence-corrected chi connectivity index (χ0v) is 13.5. The summed E-state index contributed by atoms with van der Waals surface area (Å²) in [6.07, 6.45) is 14.3. The minimum atomic E-state index is -0.910. The van der Waals surface area contributed by atoms with Gasteiger partial charge in [-0.05, 0) is 36.3 Å². The van der Waals surface area contributed by atoms with Gasteiger partial charge in [0.15, 0.2) is 0 Å². The van der Waals surface area contributed by atoms with Gasteiger partial charge in [-0.3, -0.25) is 0 Å². The van der Waals surface area contributed by atoms with Crippen molar-refractivity contribution in [3.05, 3.63) is 60.2 Å². The van der Waals surface area contributed by atoms with E-state index in [1.165, 1.54) is 25.7 Å². The molecule has 2 unspecified atom stereocenters. The lowest BCUT2D eigenvalue weighted by Gasteiger charge is -2.45. The van der Waals surface area contributed by atoms with E-state index in [4.69, 9.17) is 0 Å². The maximum atomic E-state index is 15.1. The Balaban J connectivity index is 1.88. The quantitative estimate of drug-likeness (QED) is 0.640. The minimum absolute atomic E-state index is 0.416. The Kier molecular flexibility index (Phi) is 4.81. The fourth-order valence-corrected chi connectivity index (χ4v) is 4.54. The van der Waals surface area contributed by atoms with E-state index in [1.807, 2.05) is 30.4 Å². The number of hydrogen-bond acceptors (Lipinski definition) is 0. The van der Waals surface area contributed by atoms with Gasteiger partial charge in [0.25, 0.3) is 0 Å². The molecule has 0 saturated heterocycles. The molecule has 1 aromatic carbocycles. The molecule has 0 aliphatic heterocycles. The largest absolute Gasteiger partial charge is 0.242 e. The average Bonchev–Trinajstić information content (AvgIpc) is 2.57. The van der Waals surface area contributed by atoms with E-state index in [1.54, 1.807) is 6.08 Å². The van der Waals surface area contributed by atoms with Gasteiger partial charge in [-0.2, -0.15) is 0 Å². The Labute approximate surface area is 134 Å². The summed E-state index contributed by atoms with van der Waals surface area (Å²) in [5.74, 6) is 1.27. The summed E-state index contributed by atoms with van der Waals surface area (Å²) in [6, 6.07) is 10.3. The van der Waals surface area contributed by atoms with Crippen LogP contribution in [-0.4, -0.2) is 6.17 Å². The maximum absolute atomic E-state index is 15.1. The van der Waals surface area contributed by atoms with Gasteiger partial charge in [0.2, 0.25) is 0 Å². The smallest absolute Gasteiger partial charge is 0.132 e. The summed E-state index contributed by atoms with van der Waals surface area (Å²) in [5, 5.41) is 0. The van der Waals surface area contributed by atoms with Crippen LogP contribution in [0.15, 0.2) is 54.6 Å². The van der Waals surface area contributed by atoms with Crippen molar-refractivity contribution < 1.29 is 4.39 Å². The topological polar surface area (TPSA) is 0 Å². The SMILES string of the molecule is CCCC1CCC(C2(c3ccccc3)C=CC=CC2F)CC1. The summed E-state index contributed by atoms with van der Waals surface area (Å²) in [6.45, 7) is 2.27. The van der Waals surface area contributed by atoms with E-state index in [2.05, 4.69) is 25.1 Å². The molecule has 118 valence electrons. The highest BCUT2D eigenvalue weighted by molar-refractivity contribution is 5.40. The van der Waals surface area contributed by atoms with Crippen LogP contribution in [0.5, 0.6) is 0 Å². The lowest BCUT2D eigenvalue weighted by Crippen LogP contribution is -2.44. The lowest BCUT2D eigenvalue weighted by molar-refractivity contribution is 0.136. The molecule has 1 heteroatoms. The first-order valence-corrected chi connectivity index (χ1v) is 8.83. The van der Waals surface area contributed by atoms with Crippen molar-refractivity contribution in [2.75, 3.05) is 0 Å². The van der Waals surface area contributed by atoms with Crippen molar-refractivity contribution in [2.24, 2.45) is 11.8 Å². The molecule has 0 amide bonds. The van der Waals surface area contributed by atoms with Crippen LogP contribution in [0.2, 0.25) is 0 Å². The Morgan fingerprint density at radius 2 is 1.77 bits per heavy atom. The third-order valence-electron chi connectivity index (χ3n) is 5.71. The van der Waals surface area contributed by atoms with Crippen LogP contribution >= 0.6 is 0 Å². The second-order valence-electron chi connectivity index (χ2n) is 6.95. The highest BCUT2D eigenvalue weighted by atomic mass is 19.1. The Morgan fingerprint density at radius 1 is 1.05 bits per heavy atom. The van der Waals surface area contributed by atoms with E-state index < -0.39 is 11.6 Å². The molecular weight excluding hydrogens is 271 g/mol. The lowest BCUT2D eigenvalue weighted by atomic mass is 9.60. The van der Waals surface area contributed by atoms with E-state index in [9.17, 15) is 0 Å². The van der Waals surface area contributed by atoms with Gasteiger partial charge >= 0.3 is 0 Å². The van der Waals surface area contributed by atoms with Crippen molar-refractivity contribution in [2.45, 2.75) is 57.0 Å². The highest BCUT2D eigenvalue weighted by Crippen LogP contribution is 2.48. The number of hydrogen-bond donors (Lipinski definition) is 0. The molecule has 2 aliphatic rings. The number of rotatable bonds is 4. The second kappa shape index (κ2) is 6.81. The summed E-state index contributed by atoms with van der Waals surface area (Å²) < 4.78 is 15.1. The molecule has 0 heterocycles. The molecule has 1 aromatic rings. The summed E-state index contributed by atoms with van der Waals surface area (Å²) in [7, 11) is 0. The van der Waals surface area contributed by atoms with E-state index in [-0.39, 0.29) is 0 Å². The van der Waals surface area contributed by atoms with Gasteiger partial charge in [0.05, 0.1) is 5.41 Å². The highest BCUT2D eigenvalue weighted by Gasteiger charge is 2.46. The van der Waals surface area contributed by atoms with Crippen LogP contribution < -0.4 is 0 Å². The molecule has 0 nitrogen and oxygen atoms in total. The molecule has 0 N–H and O–H groups in total. The Bertz CT molecular complexity index is 522. The van der Waals surface area contributed by atoms with Gasteiger partial charge in [-0.25, -0.2) is 4.39 Å². The number of benzene rings is 1. The van der Waals surface area contributed by atoms with Crippen molar-refractivity contribution in [1.29, 1.82) is 0 Å². The Morgan fingerprint density at radius 3 is 2.41 bits per heavy atom. The molecule has 2 atom stereocenters. The van der Waals surface area contributed by atoms with Gasteiger partial charge < -0.3 is 0 Å². The molecular formula is C21H27F. The summed E-state index contributed by atoms with van der Waals surface area (Å²) in [4.78, 5) is 0. The summed E-state index contributed by atoms with van der Waals surface area (Å²) in [5.41, 5.74) is 0.690. The van der Waals surface area contributed by atoms with E-state index in [0.717, 1.165) is 24.3 Å². The molecule has 1 fully saturated rings. The number of allylic oxidation sites excluding steroid dienone is 4. The van der Waals surface area contributed by atoms with Crippen LogP contribution in [0, 0.1) is 11.8 Å². The fourth-order valence-electron chi connectivity index (χ4n) is 4.54. The molecule has 2 aliphatic carbocycles. The zero-order chi connectivity index (χ0) is 15.4. The average molecular weight is 298 g/mol. The van der Waals surface area contributed by atoms with Crippen molar-refractivity contribution in [3.8, 4) is 0 Å². The zero-order valence-electron chi connectivity index (χ0n) is 13.5. The molecule has 0 bridgehead atoms. The minimum Gasteiger partial charge on any atom is -0.242 e. The normalized spacial score (nSPS) is 34.7. The van der Waals surface area contributed by atoms with Crippen LogP contribution in [0.1, 0.15) is 51.0 Å². The van der Waals surface area contributed by atoms with Crippen LogP contribution in [0.25, 0.3) is 0 Å².